The largest absolute Gasteiger partial charge is 0.477 e. The van der Waals surface area contributed by atoms with Crippen LogP contribution in [0.2, 0.25) is 5.02 Å². The molecule has 156 valence electrons. The number of carboxylic acids is 1. The van der Waals surface area contributed by atoms with Crippen molar-refractivity contribution >= 4 is 40.2 Å². The minimum Gasteiger partial charge on any atom is -0.477 e. The molecule has 3 aromatic heterocycles. The van der Waals surface area contributed by atoms with Gasteiger partial charge in [0.2, 0.25) is 0 Å². The van der Waals surface area contributed by atoms with Gasteiger partial charge in [0.1, 0.15) is 22.5 Å². The molecule has 0 saturated heterocycles. The van der Waals surface area contributed by atoms with E-state index in [0.717, 1.165) is 18.2 Å². The number of hydrogen-bond donors (Lipinski definition) is 1. The molecule has 0 aliphatic heterocycles. The Morgan fingerprint density at radius 2 is 2.16 bits per heavy atom. The van der Waals surface area contributed by atoms with Gasteiger partial charge in [-0.05, 0) is 30.7 Å². The van der Waals surface area contributed by atoms with Gasteiger partial charge in [-0.15, -0.1) is 0 Å². The summed E-state index contributed by atoms with van der Waals surface area (Å²) in [6.45, 7) is 2.69. The van der Waals surface area contributed by atoms with E-state index in [2.05, 4.69) is 16.2 Å². The van der Waals surface area contributed by atoms with Crippen molar-refractivity contribution in [1.82, 2.24) is 19.3 Å². The molecule has 31 heavy (non-hydrogen) atoms. The van der Waals surface area contributed by atoms with Gasteiger partial charge in [-0.3, -0.25) is 9.25 Å². The van der Waals surface area contributed by atoms with Gasteiger partial charge in [-0.1, -0.05) is 36.4 Å². The SMILES string of the molecule is CCCn1cc(-n2c(C#N)c(Sc3cccc(C(=O)O)n3)c3ccc(Cl)c(F)c32)cn1. The van der Waals surface area contributed by atoms with Crippen LogP contribution in [-0.2, 0) is 6.54 Å². The first-order valence-electron chi connectivity index (χ1n) is 9.28. The standard InChI is InChI=1S/C21H15ClFN5O2S/c1-2-8-27-11-12(10-25-27)28-16(9-24)20(13-6-7-14(22)18(23)19(13)28)31-17-5-3-4-15(26-17)21(29)30/h3-7,10-11H,2,8H2,1H3,(H,29,30). The summed E-state index contributed by atoms with van der Waals surface area (Å²) in [6.07, 6.45) is 4.17. The van der Waals surface area contributed by atoms with E-state index in [1.54, 1.807) is 35.3 Å². The summed E-state index contributed by atoms with van der Waals surface area (Å²) in [5.41, 5.74) is 0.731. The van der Waals surface area contributed by atoms with Crippen molar-refractivity contribution in [2.45, 2.75) is 29.8 Å². The molecule has 0 radical (unpaired) electrons. The van der Waals surface area contributed by atoms with Crippen LogP contribution in [-0.4, -0.2) is 30.4 Å². The zero-order chi connectivity index (χ0) is 22.1. The minimum absolute atomic E-state index is 0.0701. The van der Waals surface area contributed by atoms with Crippen LogP contribution in [0.3, 0.4) is 0 Å². The Labute approximate surface area is 185 Å². The molecule has 1 N–H and O–H groups in total. The van der Waals surface area contributed by atoms with Gasteiger partial charge < -0.3 is 5.11 Å². The molecule has 4 rings (SSSR count). The molecule has 0 saturated carbocycles. The Morgan fingerprint density at radius 1 is 1.35 bits per heavy atom. The van der Waals surface area contributed by atoms with Crippen LogP contribution in [0.15, 0.2) is 52.6 Å². The van der Waals surface area contributed by atoms with Gasteiger partial charge in [-0.2, -0.15) is 10.4 Å². The van der Waals surface area contributed by atoms with Gasteiger partial charge in [0.15, 0.2) is 5.82 Å². The summed E-state index contributed by atoms with van der Waals surface area (Å²) in [6, 6.07) is 9.79. The fourth-order valence-electron chi connectivity index (χ4n) is 3.26. The highest BCUT2D eigenvalue weighted by atomic mass is 35.5. The van der Waals surface area contributed by atoms with Crippen LogP contribution < -0.4 is 0 Å². The number of aryl methyl sites for hydroxylation is 1. The summed E-state index contributed by atoms with van der Waals surface area (Å²) < 4.78 is 18.3. The van der Waals surface area contributed by atoms with Gasteiger partial charge in [0.25, 0.3) is 0 Å². The number of fused-ring (bicyclic) bond motifs is 1. The van der Waals surface area contributed by atoms with Crippen LogP contribution in [0.4, 0.5) is 4.39 Å². The molecule has 0 spiro atoms. The van der Waals surface area contributed by atoms with Gasteiger partial charge in [-0.25, -0.2) is 14.2 Å². The second-order valence-corrected chi connectivity index (χ2v) is 8.05. The van der Waals surface area contributed by atoms with E-state index in [1.165, 1.54) is 16.7 Å². The maximum atomic E-state index is 15.1. The smallest absolute Gasteiger partial charge is 0.354 e. The number of pyridine rings is 1. The van der Waals surface area contributed by atoms with Crippen molar-refractivity contribution in [3.63, 3.8) is 0 Å². The second-order valence-electron chi connectivity index (χ2n) is 6.61. The number of nitriles is 1. The van der Waals surface area contributed by atoms with Crippen molar-refractivity contribution in [3.05, 3.63) is 65.0 Å². The minimum atomic E-state index is -1.16. The zero-order valence-corrected chi connectivity index (χ0v) is 17.8. The number of hydrogen-bond acceptors (Lipinski definition) is 5. The second kappa shape index (κ2) is 8.41. The van der Waals surface area contributed by atoms with Crippen molar-refractivity contribution in [2.24, 2.45) is 0 Å². The maximum absolute atomic E-state index is 15.1. The van der Waals surface area contributed by atoms with Crippen molar-refractivity contribution < 1.29 is 14.3 Å². The Hall–Kier alpha value is -3.35. The molecular weight excluding hydrogens is 441 g/mol. The molecule has 7 nitrogen and oxygen atoms in total. The summed E-state index contributed by atoms with van der Waals surface area (Å²) >= 11 is 7.14. The highest BCUT2D eigenvalue weighted by Crippen LogP contribution is 2.41. The van der Waals surface area contributed by atoms with Crippen LogP contribution >= 0.6 is 23.4 Å². The number of benzene rings is 1. The molecular formula is C21H15ClFN5O2S. The normalized spacial score (nSPS) is 11.0. The molecule has 0 bridgehead atoms. The van der Waals surface area contributed by atoms with Crippen LogP contribution in [0.1, 0.15) is 29.5 Å². The average molecular weight is 456 g/mol. The van der Waals surface area contributed by atoms with Gasteiger partial charge in [0.05, 0.1) is 27.3 Å². The molecule has 3 heterocycles. The first-order chi connectivity index (χ1) is 14.9. The molecule has 4 aromatic rings. The predicted octanol–water partition coefficient (Wildman–Crippen LogP) is 5.15. The molecule has 0 aliphatic rings. The lowest BCUT2D eigenvalue weighted by atomic mass is 10.2. The summed E-state index contributed by atoms with van der Waals surface area (Å²) in [5.74, 6) is -1.82. The highest BCUT2D eigenvalue weighted by molar-refractivity contribution is 7.99. The third kappa shape index (κ3) is 3.76. The van der Waals surface area contributed by atoms with Gasteiger partial charge >= 0.3 is 5.97 Å². The highest BCUT2D eigenvalue weighted by Gasteiger charge is 2.24. The number of carboxylic acid groups (broad SMARTS) is 1. The van der Waals surface area contributed by atoms with E-state index in [1.807, 2.05) is 6.92 Å². The van der Waals surface area contributed by atoms with Crippen molar-refractivity contribution in [1.29, 1.82) is 5.26 Å². The average Bonchev–Trinajstić information content (AvgIpc) is 3.33. The summed E-state index contributed by atoms with van der Waals surface area (Å²) in [4.78, 5) is 15.8. The molecule has 1 aromatic carbocycles. The molecule has 0 aliphatic carbocycles. The number of aromatic nitrogens is 4. The Morgan fingerprint density at radius 3 is 2.87 bits per heavy atom. The molecule has 0 amide bonds. The summed E-state index contributed by atoms with van der Waals surface area (Å²) in [5, 5.41) is 24.2. The predicted molar refractivity (Wildman–Crippen MR) is 114 cm³/mol. The van der Waals surface area contributed by atoms with Crippen molar-refractivity contribution in [2.75, 3.05) is 0 Å². The van der Waals surface area contributed by atoms with E-state index >= 15 is 4.39 Å². The number of carbonyl (C=O) groups is 1. The quantitative estimate of drug-likeness (QED) is 0.432. The fourth-order valence-corrected chi connectivity index (χ4v) is 4.42. The Balaban J connectivity index is 1.96. The maximum Gasteiger partial charge on any atom is 0.354 e. The van der Waals surface area contributed by atoms with Crippen LogP contribution in [0, 0.1) is 17.1 Å². The van der Waals surface area contributed by atoms with Crippen molar-refractivity contribution in [3.8, 4) is 11.8 Å². The van der Waals surface area contributed by atoms with Gasteiger partial charge in [0, 0.05) is 18.1 Å². The third-order valence-electron chi connectivity index (χ3n) is 4.56. The zero-order valence-electron chi connectivity index (χ0n) is 16.2. The first kappa shape index (κ1) is 20.9. The van der Waals surface area contributed by atoms with E-state index < -0.39 is 11.8 Å². The lowest BCUT2D eigenvalue weighted by Gasteiger charge is -2.05. The molecule has 10 heteroatoms. The van der Waals surface area contributed by atoms with E-state index in [-0.39, 0.29) is 21.9 Å². The Kier molecular flexibility index (Phi) is 5.67. The number of nitrogens with zero attached hydrogens (tertiary/aromatic N) is 5. The van der Waals surface area contributed by atoms with E-state index in [4.69, 9.17) is 11.6 Å². The van der Waals surface area contributed by atoms with Crippen LogP contribution in [0.25, 0.3) is 16.6 Å². The first-order valence-corrected chi connectivity index (χ1v) is 10.5. The lowest BCUT2D eigenvalue weighted by molar-refractivity contribution is 0.0689. The third-order valence-corrected chi connectivity index (χ3v) is 5.91. The number of halogens is 2. The molecule has 0 fully saturated rings. The fraction of sp³-hybridized carbons (Fsp3) is 0.143. The Bertz CT molecular complexity index is 1360. The van der Waals surface area contributed by atoms with E-state index in [0.29, 0.717) is 27.5 Å². The monoisotopic (exact) mass is 455 g/mol. The number of rotatable bonds is 6. The number of aromatic carboxylic acids is 1. The van der Waals surface area contributed by atoms with Crippen LogP contribution in [0.5, 0.6) is 0 Å². The summed E-state index contributed by atoms with van der Waals surface area (Å²) in [7, 11) is 0. The van der Waals surface area contributed by atoms with E-state index in [9.17, 15) is 15.2 Å². The lowest BCUT2D eigenvalue weighted by Crippen LogP contribution is -2.00. The topological polar surface area (TPSA) is 96.7 Å². The molecule has 0 atom stereocenters. The molecule has 0 unspecified atom stereocenters.